The quantitative estimate of drug-likeness (QED) is 0.570. The lowest BCUT2D eigenvalue weighted by molar-refractivity contribution is 0.0948. The van der Waals surface area contributed by atoms with Gasteiger partial charge in [-0.05, 0) is 29.7 Å². The molecule has 3 aromatic rings. The summed E-state index contributed by atoms with van der Waals surface area (Å²) in [7, 11) is 0. The van der Waals surface area contributed by atoms with Gasteiger partial charge in [0.2, 0.25) is 0 Å². The molecule has 1 heterocycles. The molecule has 0 fully saturated rings. The number of hydrogen-bond donors (Lipinski definition) is 2. The van der Waals surface area contributed by atoms with E-state index in [1.807, 2.05) is 26.0 Å². The Balaban J connectivity index is 0.00000145. The molecule has 0 saturated carbocycles. The highest BCUT2D eigenvalue weighted by Crippen LogP contribution is 2.22. The van der Waals surface area contributed by atoms with Crippen LogP contribution in [0.5, 0.6) is 0 Å². The highest BCUT2D eigenvalue weighted by molar-refractivity contribution is 5.93. The van der Waals surface area contributed by atoms with Crippen LogP contribution in [0.25, 0.3) is 0 Å². The van der Waals surface area contributed by atoms with Gasteiger partial charge >= 0.3 is 0 Å². The molecule has 1 amide bonds. The number of nitrogens with one attached hydrogen (secondary N) is 2. The van der Waals surface area contributed by atoms with Crippen molar-refractivity contribution in [3.63, 3.8) is 0 Å². The number of carbonyl (C=O) groups excluding carboxylic acids is 1. The number of hydrogen-bond acceptors (Lipinski definition) is 3. The van der Waals surface area contributed by atoms with Gasteiger partial charge in [-0.25, -0.2) is 0 Å². The van der Waals surface area contributed by atoms with Crippen LogP contribution in [0.2, 0.25) is 0 Å². The average molecular weight is 390 g/mol. The molecular formula is C25H31N3O. The van der Waals surface area contributed by atoms with Crippen LogP contribution < -0.4 is 10.6 Å². The minimum absolute atomic E-state index is 0.0765. The van der Waals surface area contributed by atoms with E-state index in [1.165, 1.54) is 11.1 Å². The third-order valence-electron chi connectivity index (χ3n) is 4.59. The monoisotopic (exact) mass is 389 g/mol. The zero-order chi connectivity index (χ0) is 20.9. The predicted molar refractivity (Wildman–Crippen MR) is 120 cm³/mol. The highest BCUT2D eigenvalue weighted by atomic mass is 16.1. The summed E-state index contributed by atoms with van der Waals surface area (Å²) >= 11 is 0. The van der Waals surface area contributed by atoms with Crippen LogP contribution in [0.1, 0.15) is 54.7 Å². The Morgan fingerprint density at radius 3 is 1.97 bits per heavy atom. The molecular weight excluding hydrogens is 358 g/mol. The van der Waals surface area contributed by atoms with E-state index in [0.717, 1.165) is 6.42 Å². The molecule has 0 bridgehead atoms. The summed E-state index contributed by atoms with van der Waals surface area (Å²) in [5.41, 5.74) is 3.00. The first-order valence-corrected chi connectivity index (χ1v) is 10.3. The van der Waals surface area contributed by atoms with Crippen molar-refractivity contribution in [1.29, 1.82) is 0 Å². The minimum Gasteiger partial charge on any atom is -0.350 e. The minimum atomic E-state index is -0.0978. The first-order valence-electron chi connectivity index (χ1n) is 10.3. The molecule has 1 atom stereocenters. The highest BCUT2D eigenvalue weighted by Gasteiger charge is 2.18. The Hall–Kier alpha value is -2.98. The SMILES string of the molecule is CC.CCC(CNC(=O)c1cccnc1)NC(c1ccccc1)c1ccccc1. The van der Waals surface area contributed by atoms with Gasteiger partial charge in [-0.15, -0.1) is 0 Å². The third kappa shape index (κ3) is 6.84. The van der Waals surface area contributed by atoms with Crippen LogP contribution in [0.4, 0.5) is 0 Å². The molecule has 1 aromatic heterocycles. The van der Waals surface area contributed by atoms with Gasteiger partial charge in [0, 0.05) is 25.0 Å². The Labute approximate surface area is 174 Å². The number of pyridine rings is 1. The van der Waals surface area contributed by atoms with Crippen LogP contribution in [0.15, 0.2) is 85.2 Å². The number of rotatable bonds is 8. The van der Waals surface area contributed by atoms with Crippen molar-refractivity contribution in [3.8, 4) is 0 Å². The molecule has 29 heavy (non-hydrogen) atoms. The lowest BCUT2D eigenvalue weighted by Crippen LogP contribution is -2.42. The number of aromatic nitrogens is 1. The summed E-state index contributed by atoms with van der Waals surface area (Å²) in [5.74, 6) is -0.0978. The maximum absolute atomic E-state index is 12.3. The second-order valence-corrected chi connectivity index (χ2v) is 6.48. The van der Waals surface area contributed by atoms with Crippen molar-refractivity contribution in [2.24, 2.45) is 0 Å². The number of benzene rings is 2. The molecule has 0 saturated heterocycles. The van der Waals surface area contributed by atoms with Gasteiger partial charge < -0.3 is 10.6 Å². The van der Waals surface area contributed by atoms with E-state index in [0.29, 0.717) is 12.1 Å². The van der Waals surface area contributed by atoms with E-state index in [9.17, 15) is 4.79 Å². The second-order valence-electron chi connectivity index (χ2n) is 6.48. The molecule has 4 heteroatoms. The molecule has 0 spiro atoms. The predicted octanol–water partition coefficient (Wildman–Crippen LogP) is 5.00. The van der Waals surface area contributed by atoms with Gasteiger partial charge in [0.1, 0.15) is 0 Å². The fourth-order valence-corrected chi connectivity index (χ4v) is 3.05. The lowest BCUT2D eigenvalue weighted by Gasteiger charge is -2.26. The zero-order valence-electron chi connectivity index (χ0n) is 17.5. The molecule has 0 radical (unpaired) electrons. The molecule has 2 aromatic carbocycles. The lowest BCUT2D eigenvalue weighted by atomic mass is 9.97. The Bertz CT molecular complexity index is 783. The average Bonchev–Trinajstić information content (AvgIpc) is 2.82. The summed E-state index contributed by atoms with van der Waals surface area (Å²) in [6.07, 6.45) is 4.15. The maximum Gasteiger partial charge on any atom is 0.252 e. The normalized spacial score (nSPS) is 11.3. The standard InChI is InChI=1S/C23H25N3O.C2H6/c1-2-21(17-25-23(27)20-14-9-15-24-16-20)26-22(18-10-5-3-6-11-18)19-12-7-4-8-13-19;1-2/h3-16,21-22,26H,2,17H2,1H3,(H,25,27);1-2H3. The van der Waals surface area contributed by atoms with Crippen LogP contribution in [-0.4, -0.2) is 23.5 Å². The molecule has 0 aliphatic heterocycles. The summed E-state index contributed by atoms with van der Waals surface area (Å²) in [6.45, 7) is 6.68. The molecule has 3 rings (SSSR count). The van der Waals surface area contributed by atoms with Gasteiger partial charge in [0.15, 0.2) is 0 Å². The van der Waals surface area contributed by atoms with Crippen molar-refractivity contribution in [2.75, 3.05) is 6.54 Å². The maximum atomic E-state index is 12.3. The Kier molecular flexibility index (Phi) is 9.60. The molecule has 4 nitrogen and oxygen atoms in total. The van der Waals surface area contributed by atoms with E-state index in [4.69, 9.17) is 0 Å². The summed E-state index contributed by atoms with van der Waals surface area (Å²) in [6, 6.07) is 24.6. The van der Waals surface area contributed by atoms with Crippen LogP contribution in [-0.2, 0) is 0 Å². The largest absolute Gasteiger partial charge is 0.350 e. The fraction of sp³-hybridized carbons (Fsp3) is 0.280. The Morgan fingerprint density at radius 1 is 0.897 bits per heavy atom. The van der Waals surface area contributed by atoms with Crippen molar-refractivity contribution in [3.05, 3.63) is 102 Å². The molecule has 0 aliphatic rings. The van der Waals surface area contributed by atoms with Crippen LogP contribution in [0, 0.1) is 0 Å². The van der Waals surface area contributed by atoms with Crippen LogP contribution >= 0.6 is 0 Å². The smallest absolute Gasteiger partial charge is 0.252 e. The van der Waals surface area contributed by atoms with Crippen LogP contribution in [0.3, 0.4) is 0 Å². The Morgan fingerprint density at radius 2 is 1.48 bits per heavy atom. The zero-order valence-corrected chi connectivity index (χ0v) is 17.5. The van der Waals surface area contributed by atoms with E-state index in [1.54, 1.807) is 24.5 Å². The van der Waals surface area contributed by atoms with Crippen molar-refractivity contribution < 1.29 is 4.79 Å². The first-order chi connectivity index (χ1) is 14.3. The number of amides is 1. The fourth-order valence-electron chi connectivity index (χ4n) is 3.05. The van der Waals surface area contributed by atoms with Gasteiger partial charge in [-0.3, -0.25) is 9.78 Å². The molecule has 0 aliphatic carbocycles. The first kappa shape index (κ1) is 22.3. The molecule has 1 unspecified atom stereocenters. The van der Waals surface area contributed by atoms with Gasteiger partial charge in [0.25, 0.3) is 5.91 Å². The summed E-state index contributed by atoms with van der Waals surface area (Å²) in [5, 5.41) is 6.73. The summed E-state index contributed by atoms with van der Waals surface area (Å²) < 4.78 is 0. The topological polar surface area (TPSA) is 54.0 Å². The van der Waals surface area contributed by atoms with E-state index >= 15 is 0 Å². The van der Waals surface area contributed by atoms with Gasteiger partial charge in [0.05, 0.1) is 11.6 Å². The van der Waals surface area contributed by atoms with Crippen molar-refractivity contribution >= 4 is 5.91 Å². The van der Waals surface area contributed by atoms with E-state index in [2.05, 4.69) is 71.1 Å². The van der Waals surface area contributed by atoms with Gasteiger partial charge in [-0.2, -0.15) is 0 Å². The molecule has 152 valence electrons. The number of carbonyl (C=O) groups is 1. The third-order valence-corrected chi connectivity index (χ3v) is 4.59. The number of nitrogens with zero attached hydrogens (tertiary/aromatic N) is 1. The van der Waals surface area contributed by atoms with E-state index < -0.39 is 0 Å². The van der Waals surface area contributed by atoms with Gasteiger partial charge in [-0.1, -0.05) is 81.4 Å². The molecule has 2 N–H and O–H groups in total. The summed E-state index contributed by atoms with van der Waals surface area (Å²) in [4.78, 5) is 16.3. The second kappa shape index (κ2) is 12.5. The van der Waals surface area contributed by atoms with Crippen molar-refractivity contribution in [2.45, 2.75) is 39.3 Å². The van der Waals surface area contributed by atoms with E-state index in [-0.39, 0.29) is 18.0 Å². The van der Waals surface area contributed by atoms with Crippen molar-refractivity contribution in [1.82, 2.24) is 15.6 Å².